The number of hydrogen-bond acceptors (Lipinski definition) is 3. The first kappa shape index (κ1) is 13.5. The summed E-state index contributed by atoms with van der Waals surface area (Å²) >= 11 is 0. The van der Waals surface area contributed by atoms with E-state index in [0.29, 0.717) is 5.75 Å². The van der Waals surface area contributed by atoms with E-state index in [9.17, 15) is 4.79 Å². The predicted molar refractivity (Wildman–Crippen MR) is 67.8 cm³/mol. The summed E-state index contributed by atoms with van der Waals surface area (Å²) in [6, 6.07) is 5.94. The maximum atomic E-state index is 10.7. The number of primary amides is 1. The van der Waals surface area contributed by atoms with Crippen molar-refractivity contribution in [2.24, 2.45) is 11.5 Å². The second-order valence-electron chi connectivity index (χ2n) is 4.24. The minimum absolute atomic E-state index is 0.0998. The summed E-state index contributed by atoms with van der Waals surface area (Å²) in [5, 5.41) is 0. The Balaban J connectivity index is 2.83. The zero-order valence-corrected chi connectivity index (χ0v) is 10.4. The highest BCUT2D eigenvalue weighted by molar-refractivity contribution is 5.75. The highest BCUT2D eigenvalue weighted by atomic mass is 16.5. The minimum Gasteiger partial charge on any atom is -0.484 e. The van der Waals surface area contributed by atoms with Crippen LogP contribution in [0.4, 0.5) is 0 Å². The number of nitrogens with two attached hydrogens (primary N) is 2. The molecular weight excluding hydrogens is 216 g/mol. The lowest BCUT2D eigenvalue weighted by molar-refractivity contribution is -0.119. The molecule has 0 spiro atoms. The van der Waals surface area contributed by atoms with Gasteiger partial charge in [-0.1, -0.05) is 24.6 Å². The molecule has 0 aliphatic carbocycles. The molecule has 0 saturated heterocycles. The van der Waals surface area contributed by atoms with E-state index in [2.05, 4.69) is 0 Å². The molecule has 0 heterocycles. The lowest BCUT2D eigenvalue weighted by atomic mass is 10.0. The zero-order chi connectivity index (χ0) is 12.8. The van der Waals surface area contributed by atoms with Crippen LogP contribution in [-0.2, 0) is 11.2 Å². The van der Waals surface area contributed by atoms with Gasteiger partial charge in [0.25, 0.3) is 5.91 Å². The molecule has 0 aliphatic heterocycles. The second-order valence-corrected chi connectivity index (χ2v) is 4.24. The summed E-state index contributed by atoms with van der Waals surface area (Å²) in [5.41, 5.74) is 13.2. The van der Waals surface area contributed by atoms with Crippen LogP contribution >= 0.6 is 0 Å². The molecule has 4 heteroatoms. The van der Waals surface area contributed by atoms with Crippen molar-refractivity contribution < 1.29 is 9.53 Å². The summed E-state index contributed by atoms with van der Waals surface area (Å²) in [5.74, 6) is 0.217. The first-order valence-electron chi connectivity index (χ1n) is 5.79. The molecule has 1 rings (SSSR count). The molecule has 4 N–H and O–H groups in total. The average molecular weight is 236 g/mol. The summed E-state index contributed by atoms with van der Waals surface area (Å²) in [4.78, 5) is 10.7. The fourth-order valence-electron chi connectivity index (χ4n) is 1.58. The lowest BCUT2D eigenvalue weighted by Gasteiger charge is -2.14. The van der Waals surface area contributed by atoms with Gasteiger partial charge in [0, 0.05) is 6.04 Å². The van der Waals surface area contributed by atoms with Crippen molar-refractivity contribution in [3.63, 3.8) is 0 Å². The average Bonchev–Trinajstić information content (AvgIpc) is 2.27. The number of rotatable bonds is 6. The van der Waals surface area contributed by atoms with Gasteiger partial charge in [-0.25, -0.2) is 0 Å². The Morgan fingerprint density at radius 1 is 1.47 bits per heavy atom. The van der Waals surface area contributed by atoms with E-state index in [1.165, 1.54) is 0 Å². The van der Waals surface area contributed by atoms with Gasteiger partial charge in [-0.2, -0.15) is 0 Å². The molecule has 0 bridgehead atoms. The third kappa shape index (κ3) is 4.44. The van der Waals surface area contributed by atoms with Crippen LogP contribution in [0.5, 0.6) is 5.75 Å². The van der Waals surface area contributed by atoms with Crippen molar-refractivity contribution in [3.05, 3.63) is 29.3 Å². The van der Waals surface area contributed by atoms with E-state index in [1.54, 1.807) is 0 Å². The Morgan fingerprint density at radius 3 is 2.76 bits per heavy atom. The zero-order valence-electron chi connectivity index (χ0n) is 10.4. The number of carbonyl (C=O) groups excluding carboxylic acids is 1. The molecule has 0 radical (unpaired) electrons. The lowest BCUT2D eigenvalue weighted by Crippen LogP contribution is -2.23. The normalized spacial score (nSPS) is 12.2. The van der Waals surface area contributed by atoms with Crippen LogP contribution in [0, 0.1) is 6.92 Å². The monoisotopic (exact) mass is 236 g/mol. The van der Waals surface area contributed by atoms with E-state index >= 15 is 0 Å². The van der Waals surface area contributed by atoms with Crippen molar-refractivity contribution in [2.75, 3.05) is 6.61 Å². The van der Waals surface area contributed by atoms with Crippen molar-refractivity contribution in [1.82, 2.24) is 0 Å². The van der Waals surface area contributed by atoms with Gasteiger partial charge in [0.1, 0.15) is 5.75 Å². The Kier molecular flexibility index (Phi) is 4.97. The molecular formula is C13H20N2O2. The second kappa shape index (κ2) is 6.25. The van der Waals surface area contributed by atoms with Crippen LogP contribution in [-0.4, -0.2) is 18.6 Å². The molecule has 1 unspecified atom stereocenters. The third-order valence-electron chi connectivity index (χ3n) is 2.59. The molecule has 0 fully saturated rings. The van der Waals surface area contributed by atoms with E-state index < -0.39 is 5.91 Å². The number of carbonyl (C=O) groups is 1. The van der Waals surface area contributed by atoms with Crippen molar-refractivity contribution in [2.45, 2.75) is 32.7 Å². The molecule has 0 saturated carbocycles. The predicted octanol–water partition coefficient (Wildman–Crippen LogP) is 1.14. The van der Waals surface area contributed by atoms with Gasteiger partial charge >= 0.3 is 0 Å². The van der Waals surface area contributed by atoms with Gasteiger partial charge in [-0.3, -0.25) is 4.79 Å². The molecule has 17 heavy (non-hydrogen) atoms. The fourth-order valence-corrected chi connectivity index (χ4v) is 1.58. The molecule has 1 amide bonds. The topological polar surface area (TPSA) is 78.3 Å². The van der Waals surface area contributed by atoms with E-state index in [1.807, 2.05) is 32.0 Å². The van der Waals surface area contributed by atoms with Crippen LogP contribution < -0.4 is 16.2 Å². The molecule has 1 aromatic rings. The number of ether oxygens (including phenoxy) is 1. The van der Waals surface area contributed by atoms with E-state index in [4.69, 9.17) is 16.2 Å². The molecule has 94 valence electrons. The largest absolute Gasteiger partial charge is 0.484 e. The van der Waals surface area contributed by atoms with Crippen LogP contribution in [0.3, 0.4) is 0 Å². The Labute approximate surface area is 102 Å². The van der Waals surface area contributed by atoms with Crippen LogP contribution in [0.2, 0.25) is 0 Å². The summed E-state index contributed by atoms with van der Waals surface area (Å²) in [7, 11) is 0. The smallest absolute Gasteiger partial charge is 0.255 e. The number of aryl methyl sites for hydroxylation is 1. The van der Waals surface area contributed by atoms with Gasteiger partial charge in [-0.15, -0.1) is 0 Å². The molecule has 0 aromatic heterocycles. The third-order valence-corrected chi connectivity index (χ3v) is 2.59. The maximum Gasteiger partial charge on any atom is 0.255 e. The van der Waals surface area contributed by atoms with Gasteiger partial charge in [0.15, 0.2) is 6.61 Å². The number of amides is 1. The SMILES string of the molecule is CCC(N)Cc1cc(C)ccc1OCC(N)=O. The van der Waals surface area contributed by atoms with Gasteiger partial charge in [0.2, 0.25) is 0 Å². The summed E-state index contributed by atoms with van der Waals surface area (Å²) in [6.07, 6.45) is 1.65. The van der Waals surface area contributed by atoms with Crippen molar-refractivity contribution >= 4 is 5.91 Å². The van der Waals surface area contributed by atoms with Crippen molar-refractivity contribution in [3.8, 4) is 5.75 Å². The van der Waals surface area contributed by atoms with Crippen LogP contribution in [0.25, 0.3) is 0 Å². The van der Waals surface area contributed by atoms with E-state index in [0.717, 1.165) is 24.0 Å². The maximum absolute atomic E-state index is 10.7. The Bertz CT molecular complexity index is 391. The summed E-state index contributed by atoms with van der Waals surface area (Å²) < 4.78 is 5.37. The van der Waals surface area contributed by atoms with Crippen LogP contribution in [0.1, 0.15) is 24.5 Å². The number of hydrogen-bond donors (Lipinski definition) is 2. The highest BCUT2D eigenvalue weighted by Crippen LogP contribution is 2.21. The van der Waals surface area contributed by atoms with Gasteiger partial charge in [-0.05, 0) is 31.4 Å². The molecule has 1 aromatic carbocycles. The number of benzene rings is 1. The first-order valence-corrected chi connectivity index (χ1v) is 5.79. The van der Waals surface area contributed by atoms with Crippen LogP contribution in [0.15, 0.2) is 18.2 Å². The fraction of sp³-hybridized carbons (Fsp3) is 0.462. The van der Waals surface area contributed by atoms with Crippen molar-refractivity contribution in [1.29, 1.82) is 0 Å². The Hall–Kier alpha value is -1.55. The molecule has 0 aliphatic rings. The highest BCUT2D eigenvalue weighted by Gasteiger charge is 2.09. The molecule has 1 atom stereocenters. The first-order chi connectivity index (χ1) is 8.02. The molecule has 4 nitrogen and oxygen atoms in total. The Morgan fingerprint density at radius 2 is 2.18 bits per heavy atom. The minimum atomic E-state index is -0.476. The summed E-state index contributed by atoms with van der Waals surface area (Å²) in [6.45, 7) is 3.96. The van der Waals surface area contributed by atoms with Gasteiger partial charge in [0.05, 0.1) is 0 Å². The standard InChI is InChI=1S/C13H20N2O2/c1-3-11(14)7-10-6-9(2)4-5-12(10)17-8-13(15)16/h4-6,11H,3,7-8,14H2,1-2H3,(H2,15,16). The van der Waals surface area contributed by atoms with Gasteiger partial charge < -0.3 is 16.2 Å². The quantitative estimate of drug-likeness (QED) is 0.777. The van der Waals surface area contributed by atoms with E-state index in [-0.39, 0.29) is 12.6 Å².